The lowest BCUT2D eigenvalue weighted by Gasteiger charge is -2.18. The van der Waals surface area contributed by atoms with E-state index in [1.165, 1.54) is 65.6 Å². The molecule has 0 radical (unpaired) electrons. The van der Waals surface area contributed by atoms with Gasteiger partial charge in [-0.1, -0.05) is 189 Å². The molecule has 1 aliphatic carbocycles. The van der Waals surface area contributed by atoms with Crippen LogP contribution in [-0.4, -0.2) is 14.5 Å². The fraction of sp³-hybridized carbons (Fsp3) is 0.0448. The summed E-state index contributed by atoms with van der Waals surface area (Å²) < 4.78 is 2.49. The van der Waals surface area contributed by atoms with Crippen LogP contribution in [-0.2, 0) is 6.42 Å². The lowest BCUT2D eigenvalue weighted by Crippen LogP contribution is -2.03. The van der Waals surface area contributed by atoms with Crippen LogP contribution in [0.3, 0.4) is 0 Å². The molecular weight excluding hydrogens is 847 g/mol. The Hall–Kier alpha value is -8.92. The highest BCUT2D eigenvalue weighted by Crippen LogP contribution is 2.45. The zero-order valence-electron chi connectivity index (χ0n) is 38.6. The molecule has 0 amide bonds. The molecule has 70 heavy (non-hydrogen) atoms. The monoisotopic (exact) mass is 891 g/mol. The molecule has 3 heteroatoms. The highest BCUT2D eigenvalue weighted by molar-refractivity contribution is 6.30. The number of allylic oxidation sites excluding steroid dienone is 1. The first-order valence-electron chi connectivity index (χ1n) is 24.4. The average Bonchev–Trinajstić information content (AvgIpc) is 3.77. The molecule has 1 unspecified atom stereocenters. The molecule has 11 aromatic carbocycles. The molecule has 1 aliphatic rings. The molecular formula is C67H45N3. The van der Waals surface area contributed by atoms with Gasteiger partial charge in [-0.3, -0.25) is 0 Å². The van der Waals surface area contributed by atoms with Crippen LogP contribution in [0.1, 0.15) is 18.1 Å². The molecule has 13 aromatic rings. The second-order valence-corrected chi connectivity index (χ2v) is 19.0. The molecule has 0 bridgehead atoms. The predicted molar refractivity (Wildman–Crippen MR) is 295 cm³/mol. The topological polar surface area (TPSA) is 30.7 Å². The molecule has 1 atom stereocenters. The molecule has 0 spiro atoms. The van der Waals surface area contributed by atoms with Crippen LogP contribution in [0.4, 0.5) is 0 Å². The summed E-state index contributed by atoms with van der Waals surface area (Å²) in [6, 6.07) is 81.9. The summed E-state index contributed by atoms with van der Waals surface area (Å²) >= 11 is 0. The van der Waals surface area contributed by atoms with Crippen LogP contribution in [0.15, 0.2) is 231 Å². The maximum atomic E-state index is 5.52. The van der Waals surface area contributed by atoms with Crippen molar-refractivity contribution in [3.8, 4) is 61.7 Å². The zero-order valence-corrected chi connectivity index (χ0v) is 38.6. The number of nitrogens with zero attached hydrogens (tertiary/aromatic N) is 3. The lowest BCUT2D eigenvalue weighted by atomic mass is 9.87. The summed E-state index contributed by atoms with van der Waals surface area (Å²) in [7, 11) is 0. The summed E-state index contributed by atoms with van der Waals surface area (Å²) in [5.41, 5.74) is 17.2. The van der Waals surface area contributed by atoms with E-state index in [1.54, 1.807) is 0 Å². The number of para-hydroxylation sites is 1. The van der Waals surface area contributed by atoms with E-state index in [4.69, 9.17) is 9.97 Å². The molecule has 2 heterocycles. The average molecular weight is 892 g/mol. The normalized spacial score (nSPS) is 13.5. The summed E-state index contributed by atoms with van der Waals surface area (Å²) in [4.78, 5) is 10.8. The van der Waals surface area contributed by atoms with E-state index < -0.39 is 0 Å². The highest BCUT2D eigenvalue weighted by atomic mass is 15.0. The Labute approximate surface area is 406 Å². The van der Waals surface area contributed by atoms with Crippen LogP contribution < -0.4 is 0 Å². The summed E-state index contributed by atoms with van der Waals surface area (Å²) in [6.45, 7) is 2.30. The van der Waals surface area contributed by atoms with Gasteiger partial charge in [0.2, 0.25) is 0 Å². The van der Waals surface area contributed by atoms with Gasteiger partial charge in [-0.15, -0.1) is 0 Å². The van der Waals surface area contributed by atoms with E-state index in [1.807, 2.05) is 0 Å². The van der Waals surface area contributed by atoms with Crippen molar-refractivity contribution in [2.24, 2.45) is 5.92 Å². The van der Waals surface area contributed by atoms with Crippen molar-refractivity contribution in [1.29, 1.82) is 0 Å². The van der Waals surface area contributed by atoms with Crippen LogP contribution in [0, 0.1) is 5.92 Å². The highest BCUT2D eigenvalue weighted by Gasteiger charge is 2.22. The zero-order chi connectivity index (χ0) is 46.3. The second-order valence-electron chi connectivity index (χ2n) is 19.0. The Bertz CT molecular complexity index is 4220. The lowest BCUT2D eigenvalue weighted by molar-refractivity contribution is 0.717. The van der Waals surface area contributed by atoms with Crippen LogP contribution in [0.2, 0.25) is 0 Å². The minimum absolute atomic E-state index is 0.549. The third kappa shape index (κ3) is 6.58. The largest absolute Gasteiger partial charge is 0.309 e. The second kappa shape index (κ2) is 16.1. The predicted octanol–water partition coefficient (Wildman–Crippen LogP) is 17.7. The van der Waals surface area contributed by atoms with E-state index in [2.05, 4.69) is 248 Å². The van der Waals surface area contributed by atoms with Crippen molar-refractivity contribution in [2.75, 3.05) is 0 Å². The van der Waals surface area contributed by atoms with Crippen molar-refractivity contribution in [2.45, 2.75) is 13.3 Å². The summed E-state index contributed by atoms with van der Waals surface area (Å²) in [5, 5.41) is 10.8. The molecule has 0 aliphatic heterocycles. The maximum Gasteiger partial charge on any atom is 0.161 e. The number of hydrogen-bond donors (Lipinski definition) is 0. The fourth-order valence-electron chi connectivity index (χ4n) is 11.3. The minimum Gasteiger partial charge on any atom is -0.309 e. The van der Waals surface area contributed by atoms with E-state index in [0.717, 1.165) is 72.9 Å². The SMILES string of the molecule is CC1C=Cc2cc(-c3cc4c(c5ccccc35)c3c5ccccc5ccc3n4-c3ccc4c(-c5nc(-c6cc(-c7ccccc7)cc(-c7ccccc7)c6)c6ccccc6n5)cccc4c3)ccc2C1. The van der Waals surface area contributed by atoms with Crippen LogP contribution in [0.5, 0.6) is 0 Å². The first kappa shape index (κ1) is 40.2. The Morgan fingerprint density at radius 2 is 1.09 bits per heavy atom. The summed E-state index contributed by atoms with van der Waals surface area (Å²) in [6.07, 6.45) is 5.73. The van der Waals surface area contributed by atoms with Gasteiger partial charge in [-0.25, -0.2) is 9.97 Å². The third-order valence-corrected chi connectivity index (χ3v) is 14.7. The van der Waals surface area contributed by atoms with E-state index >= 15 is 0 Å². The number of benzene rings is 11. The van der Waals surface area contributed by atoms with Gasteiger partial charge in [-0.2, -0.15) is 0 Å². The van der Waals surface area contributed by atoms with Gasteiger partial charge in [-0.05, 0) is 144 Å². The van der Waals surface area contributed by atoms with E-state index in [0.29, 0.717) is 11.7 Å². The third-order valence-electron chi connectivity index (χ3n) is 14.7. The molecule has 14 rings (SSSR count). The summed E-state index contributed by atoms with van der Waals surface area (Å²) in [5.74, 6) is 1.25. The van der Waals surface area contributed by atoms with Gasteiger partial charge in [0.05, 0.1) is 22.2 Å². The van der Waals surface area contributed by atoms with Gasteiger partial charge < -0.3 is 4.57 Å². The Kier molecular flexibility index (Phi) is 9.25. The number of hydrogen-bond acceptors (Lipinski definition) is 2. The Balaban J connectivity index is 0.974. The van der Waals surface area contributed by atoms with Crippen molar-refractivity contribution in [3.05, 3.63) is 242 Å². The fourth-order valence-corrected chi connectivity index (χ4v) is 11.3. The van der Waals surface area contributed by atoms with Gasteiger partial charge in [0.25, 0.3) is 0 Å². The van der Waals surface area contributed by atoms with Gasteiger partial charge >= 0.3 is 0 Å². The maximum absolute atomic E-state index is 5.52. The molecule has 0 saturated heterocycles. The van der Waals surface area contributed by atoms with Crippen molar-refractivity contribution < 1.29 is 0 Å². The molecule has 2 aromatic heterocycles. The molecule has 328 valence electrons. The smallest absolute Gasteiger partial charge is 0.161 e. The van der Waals surface area contributed by atoms with Gasteiger partial charge in [0.15, 0.2) is 5.82 Å². The first-order chi connectivity index (χ1) is 34.6. The molecule has 0 saturated carbocycles. The number of fused-ring (bicyclic) bond motifs is 10. The van der Waals surface area contributed by atoms with Crippen LogP contribution >= 0.6 is 0 Å². The first-order valence-corrected chi connectivity index (χ1v) is 24.4. The van der Waals surface area contributed by atoms with Gasteiger partial charge in [0, 0.05) is 33.0 Å². The molecule has 0 N–H and O–H groups in total. The molecule has 0 fully saturated rings. The standard InChI is InChI=1S/C67H45N3/c1-42-27-28-47-36-49(30-29-46(47)35-42)60-41-63-65(57-23-11-10-22-56(57)60)64-55-21-9-8-19-45(55)31-34-62(64)70(63)53-32-33-54-48(40-53)20-14-25-58(54)67-68-61-26-13-12-24-59(61)66(69-67)52-38-50(43-15-4-2-5-16-43)37-51(39-52)44-17-6-3-7-18-44/h2-34,36-42H,35H2,1H3. The minimum atomic E-state index is 0.549. The Morgan fingerprint density at radius 3 is 1.89 bits per heavy atom. The number of aromatic nitrogens is 3. The number of rotatable bonds is 6. The molecule has 3 nitrogen and oxygen atoms in total. The van der Waals surface area contributed by atoms with Crippen molar-refractivity contribution in [3.63, 3.8) is 0 Å². The van der Waals surface area contributed by atoms with Crippen LogP contribution in [0.25, 0.3) is 133 Å². The van der Waals surface area contributed by atoms with Crippen molar-refractivity contribution >= 4 is 71.1 Å². The van der Waals surface area contributed by atoms with Gasteiger partial charge in [0.1, 0.15) is 0 Å². The quantitative estimate of drug-likeness (QED) is 0.167. The van der Waals surface area contributed by atoms with E-state index in [-0.39, 0.29) is 0 Å². The van der Waals surface area contributed by atoms with Crippen molar-refractivity contribution in [1.82, 2.24) is 14.5 Å². The van der Waals surface area contributed by atoms with E-state index in [9.17, 15) is 0 Å². The Morgan fingerprint density at radius 1 is 0.414 bits per heavy atom.